The first kappa shape index (κ1) is 16.2. The van der Waals surface area contributed by atoms with Crippen LogP contribution in [0.3, 0.4) is 0 Å². The average Bonchev–Trinajstić information content (AvgIpc) is 2.95. The molecule has 0 saturated carbocycles. The third kappa shape index (κ3) is 3.29. The molecule has 3 aromatic rings. The smallest absolute Gasteiger partial charge is 0.247 e. The van der Waals surface area contributed by atoms with Crippen LogP contribution in [0.25, 0.3) is 11.3 Å². The summed E-state index contributed by atoms with van der Waals surface area (Å²) in [7, 11) is -3.75. The van der Waals surface area contributed by atoms with Crippen LogP contribution in [0, 0.1) is 6.92 Å². The first-order valence-electron chi connectivity index (χ1n) is 7.16. The summed E-state index contributed by atoms with van der Waals surface area (Å²) >= 11 is 0. The summed E-state index contributed by atoms with van der Waals surface area (Å²) in [4.78, 5) is 13.3. The van der Waals surface area contributed by atoms with E-state index in [1.54, 1.807) is 0 Å². The van der Waals surface area contributed by atoms with Gasteiger partial charge in [-0.05, 0) is 13.0 Å². The van der Waals surface area contributed by atoms with E-state index in [1.165, 1.54) is 6.07 Å². The Morgan fingerprint density at radius 1 is 1.17 bits per heavy atom. The highest BCUT2D eigenvalue weighted by Gasteiger charge is 2.18. The van der Waals surface area contributed by atoms with Gasteiger partial charge in [-0.15, -0.1) is 0 Å². The Kier molecular flexibility index (Phi) is 4.32. The monoisotopic (exact) mass is 345 g/mol. The Morgan fingerprint density at radius 3 is 2.58 bits per heavy atom. The predicted molar refractivity (Wildman–Crippen MR) is 87.8 cm³/mol. The van der Waals surface area contributed by atoms with Crippen molar-refractivity contribution in [2.45, 2.75) is 18.4 Å². The molecule has 2 heterocycles. The molecule has 8 heteroatoms. The molecule has 0 aliphatic carbocycles. The third-order valence-corrected chi connectivity index (χ3v) is 4.95. The Hall–Kier alpha value is -2.71. The van der Waals surface area contributed by atoms with Gasteiger partial charge in [0, 0.05) is 23.4 Å². The van der Waals surface area contributed by atoms with Crippen molar-refractivity contribution in [3.63, 3.8) is 0 Å². The number of rotatable bonds is 5. The molecular formula is C16H15N3O4S. The van der Waals surface area contributed by atoms with Crippen LogP contribution in [0.15, 0.2) is 62.9 Å². The van der Waals surface area contributed by atoms with Crippen molar-refractivity contribution in [2.75, 3.05) is 0 Å². The summed E-state index contributed by atoms with van der Waals surface area (Å²) in [5.41, 5.74) is 1.78. The quantitative estimate of drug-likeness (QED) is 0.734. The molecule has 124 valence electrons. The summed E-state index contributed by atoms with van der Waals surface area (Å²) in [5.74, 6) is 0.605. The lowest BCUT2D eigenvalue weighted by atomic mass is 10.1. The largest absolute Gasteiger partial charge is 0.356 e. The van der Waals surface area contributed by atoms with Gasteiger partial charge in [-0.3, -0.25) is 4.79 Å². The van der Waals surface area contributed by atoms with Crippen LogP contribution in [0.5, 0.6) is 0 Å². The van der Waals surface area contributed by atoms with E-state index >= 15 is 0 Å². The zero-order valence-electron chi connectivity index (χ0n) is 12.8. The van der Waals surface area contributed by atoms with Gasteiger partial charge in [0.15, 0.2) is 5.76 Å². The highest BCUT2D eigenvalue weighted by molar-refractivity contribution is 7.89. The fourth-order valence-corrected chi connectivity index (χ4v) is 3.16. The predicted octanol–water partition coefficient (Wildman–Crippen LogP) is 1.82. The van der Waals surface area contributed by atoms with Gasteiger partial charge in [0.1, 0.15) is 5.69 Å². The van der Waals surface area contributed by atoms with E-state index in [0.29, 0.717) is 11.5 Å². The minimum atomic E-state index is -3.75. The lowest BCUT2D eigenvalue weighted by molar-refractivity contribution is 0.422. The molecule has 0 bridgehead atoms. The molecule has 0 radical (unpaired) electrons. The molecule has 2 aromatic heterocycles. The highest BCUT2D eigenvalue weighted by atomic mass is 32.2. The second-order valence-corrected chi connectivity index (χ2v) is 6.93. The molecule has 0 saturated heterocycles. The first-order chi connectivity index (χ1) is 11.5. The molecule has 3 rings (SSSR count). The Morgan fingerprint density at radius 2 is 1.92 bits per heavy atom. The lowest BCUT2D eigenvalue weighted by Crippen LogP contribution is -2.24. The van der Waals surface area contributed by atoms with E-state index in [-0.39, 0.29) is 17.0 Å². The second-order valence-electron chi connectivity index (χ2n) is 5.16. The molecule has 0 spiro atoms. The number of nitrogens with zero attached hydrogens (tertiary/aromatic N) is 1. The number of aromatic amines is 1. The molecular weight excluding hydrogens is 330 g/mol. The first-order valence-corrected chi connectivity index (χ1v) is 8.64. The molecule has 2 N–H and O–H groups in total. The number of H-pyrrole nitrogens is 1. The third-order valence-electron chi connectivity index (χ3n) is 3.55. The van der Waals surface area contributed by atoms with Gasteiger partial charge in [-0.1, -0.05) is 35.5 Å². The molecule has 0 atom stereocenters. The van der Waals surface area contributed by atoms with E-state index < -0.39 is 10.0 Å². The maximum Gasteiger partial charge on any atom is 0.247 e. The van der Waals surface area contributed by atoms with E-state index in [1.807, 2.05) is 37.3 Å². The molecule has 0 aliphatic rings. The van der Waals surface area contributed by atoms with E-state index in [4.69, 9.17) is 4.52 Å². The fraction of sp³-hybridized carbons (Fsp3) is 0.125. The summed E-state index contributed by atoms with van der Waals surface area (Å²) in [6.07, 6.45) is 1.15. The van der Waals surface area contributed by atoms with Gasteiger partial charge in [0.05, 0.1) is 11.4 Å². The molecule has 0 unspecified atom stereocenters. The van der Waals surface area contributed by atoms with E-state index in [2.05, 4.69) is 14.9 Å². The van der Waals surface area contributed by atoms with Crippen LogP contribution < -0.4 is 10.3 Å². The van der Waals surface area contributed by atoms with Crippen LogP contribution in [0.4, 0.5) is 0 Å². The average molecular weight is 345 g/mol. The summed E-state index contributed by atoms with van der Waals surface area (Å²) in [6.45, 7) is 1.81. The molecule has 1 aromatic carbocycles. The van der Waals surface area contributed by atoms with Gasteiger partial charge in [0.25, 0.3) is 0 Å². The van der Waals surface area contributed by atoms with Crippen molar-refractivity contribution in [3.05, 3.63) is 70.3 Å². The fourth-order valence-electron chi connectivity index (χ4n) is 2.20. The normalized spacial score (nSPS) is 11.5. The maximum absolute atomic E-state index is 12.2. The van der Waals surface area contributed by atoms with Crippen LogP contribution in [0.2, 0.25) is 0 Å². The van der Waals surface area contributed by atoms with Crippen LogP contribution >= 0.6 is 0 Å². The Bertz CT molecular complexity index is 987. The van der Waals surface area contributed by atoms with Crippen LogP contribution in [0.1, 0.15) is 11.3 Å². The Balaban J connectivity index is 1.79. The number of aromatic nitrogens is 2. The van der Waals surface area contributed by atoms with Crippen molar-refractivity contribution in [3.8, 4) is 11.3 Å². The van der Waals surface area contributed by atoms with Crippen LogP contribution in [-0.2, 0) is 16.6 Å². The minimum Gasteiger partial charge on any atom is -0.356 e. The summed E-state index contributed by atoms with van der Waals surface area (Å²) in [6, 6.07) is 11.8. The van der Waals surface area contributed by atoms with Gasteiger partial charge in [-0.25, -0.2) is 13.1 Å². The molecule has 7 nitrogen and oxygen atoms in total. The summed E-state index contributed by atoms with van der Waals surface area (Å²) in [5, 5.41) is 3.94. The topological polar surface area (TPSA) is 105 Å². The lowest BCUT2D eigenvalue weighted by Gasteiger charge is -2.05. The number of hydrogen-bond acceptors (Lipinski definition) is 5. The van der Waals surface area contributed by atoms with E-state index in [9.17, 15) is 13.2 Å². The van der Waals surface area contributed by atoms with Crippen LogP contribution in [-0.4, -0.2) is 18.6 Å². The van der Waals surface area contributed by atoms with Gasteiger partial charge in [-0.2, -0.15) is 0 Å². The number of nitrogens with one attached hydrogen (secondary N) is 2. The molecule has 24 heavy (non-hydrogen) atoms. The van der Waals surface area contributed by atoms with Gasteiger partial charge in [0.2, 0.25) is 15.6 Å². The molecule has 0 amide bonds. The standard InChI is InChI=1S/C16H15N3O4S/c1-11-14(19-23-16(11)12-5-3-2-4-6-12)10-18-24(21,22)13-7-8-15(20)17-9-13/h2-9,18H,10H2,1H3,(H,17,20). The molecule has 0 aliphatic heterocycles. The molecule has 0 fully saturated rings. The second kappa shape index (κ2) is 6.42. The zero-order valence-corrected chi connectivity index (χ0v) is 13.6. The van der Waals surface area contributed by atoms with Crippen molar-refractivity contribution in [1.82, 2.24) is 14.9 Å². The van der Waals surface area contributed by atoms with Gasteiger partial charge < -0.3 is 9.51 Å². The number of sulfonamides is 1. The minimum absolute atomic E-state index is 0.0103. The number of pyridine rings is 1. The van der Waals surface area contributed by atoms with Gasteiger partial charge >= 0.3 is 0 Å². The highest BCUT2D eigenvalue weighted by Crippen LogP contribution is 2.25. The number of benzene rings is 1. The maximum atomic E-state index is 12.2. The number of hydrogen-bond donors (Lipinski definition) is 2. The summed E-state index contributed by atoms with van der Waals surface area (Å²) < 4.78 is 32.2. The SMILES string of the molecule is Cc1c(CNS(=O)(=O)c2ccc(=O)[nH]c2)noc1-c1ccccc1. The van der Waals surface area contributed by atoms with Crippen molar-refractivity contribution >= 4 is 10.0 Å². The van der Waals surface area contributed by atoms with E-state index in [0.717, 1.165) is 23.4 Å². The Labute approximate surface area is 138 Å². The zero-order chi connectivity index (χ0) is 17.2. The van der Waals surface area contributed by atoms with Crippen molar-refractivity contribution in [2.24, 2.45) is 0 Å². The van der Waals surface area contributed by atoms with Crippen molar-refractivity contribution < 1.29 is 12.9 Å². The van der Waals surface area contributed by atoms with Crippen molar-refractivity contribution in [1.29, 1.82) is 0 Å².